The maximum Gasteiger partial charge on any atom is 0.358 e. The molecule has 6 N–H and O–H groups in total. The molecule has 0 atom stereocenters. The van der Waals surface area contributed by atoms with Gasteiger partial charge in [0, 0.05) is 0 Å². The molecule has 0 amide bonds. The predicted octanol–water partition coefficient (Wildman–Crippen LogP) is 3.85. The van der Waals surface area contributed by atoms with Crippen LogP contribution in [0.5, 0.6) is 5.75 Å². The van der Waals surface area contributed by atoms with Crippen LogP contribution in [0.25, 0.3) is 11.1 Å². The molecule has 6 heteroatoms. The van der Waals surface area contributed by atoms with Gasteiger partial charge in [-0.05, 0) is 47.6 Å². The first-order valence-electron chi connectivity index (χ1n) is 9.66. The van der Waals surface area contributed by atoms with E-state index in [1.54, 1.807) is 12.1 Å². The van der Waals surface area contributed by atoms with E-state index in [4.69, 9.17) is 21.4 Å². The standard InChI is InChI=1S/C22H27N3O3/c23-21(20(25-24)22(26)27)28-19-12-10-16(11-13-19)18-9-5-8-17(14-18)15-6-3-1-2-4-7-15/h5,8-15,25H,1-4,6-7,23-24H2,(H,26,27)/b21-20+. The summed E-state index contributed by atoms with van der Waals surface area (Å²) in [6, 6.07) is 16.1. The van der Waals surface area contributed by atoms with Crippen LogP contribution in [-0.4, -0.2) is 11.1 Å². The van der Waals surface area contributed by atoms with E-state index in [0.717, 1.165) is 11.1 Å². The smallest absolute Gasteiger partial charge is 0.358 e. The van der Waals surface area contributed by atoms with Gasteiger partial charge in [0.25, 0.3) is 0 Å². The van der Waals surface area contributed by atoms with E-state index < -0.39 is 5.97 Å². The minimum Gasteiger partial charge on any atom is -0.476 e. The number of aliphatic carboxylic acids is 1. The number of carboxylic acid groups (broad SMARTS) is 1. The predicted molar refractivity (Wildman–Crippen MR) is 109 cm³/mol. The SMILES string of the molecule is NN/C(C(=O)O)=C(\N)Oc1ccc(-c2cccc(C3CCCCCC3)c2)cc1. The highest BCUT2D eigenvalue weighted by Crippen LogP contribution is 2.33. The summed E-state index contributed by atoms with van der Waals surface area (Å²) in [5, 5.41) is 9.01. The van der Waals surface area contributed by atoms with Crippen molar-refractivity contribution in [1.29, 1.82) is 0 Å². The summed E-state index contributed by atoms with van der Waals surface area (Å²) in [6.45, 7) is 0. The molecule has 0 bridgehead atoms. The summed E-state index contributed by atoms with van der Waals surface area (Å²) >= 11 is 0. The van der Waals surface area contributed by atoms with Gasteiger partial charge >= 0.3 is 5.97 Å². The first-order chi connectivity index (χ1) is 13.6. The van der Waals surface area contributed by atoms with Crippen LogP contribution in [0.15, 0.2) is 60.1 Å². The fourth-order valence-corrected chi connectivity index (χ4v) is 3.72. The van der Waals surface area contributed by atoms with Gasteiger partial charge in [-0.2, -0.15) is 0 Å². The molecule has 2 aromatic rings. The Morgan fingerprint density at radius 3 is 2.29 bits per heavy atom. The van der Waals surface area contributed by atoms with E-state index in [-0.39, 0.29) is 11.6 Å². The molecule has 148 valence electrons. The average molecular weight is 381 g/mol. The summed E-state index contributed by atoms with van der Waals surface area (Å²) in [5.41, 5.74) is 10.9. The highest BCUT2D eigenvalue weighted by atomic mass is 16.5. The Hall–Kier alpha value is -2.99. The molecule has 1 saturated carbocycles. The molecule has 0 saturated heterocycles. The van der Waals surface area contributed by atoms with Crippen LogP contribution in [0.4, 0.5) is 0 Å². The fourth-order valence-electron chi connectivity index (χ4n) is 3.72. The molecular formula is C22H27N3O3. The van der Waals surface area contributed by atoms with Gasteiger partial charge in [-0.15, -0.1) is 0 Å². The topological polar surface area (TPSA) is 111 Å². The minimum atomic E-state index is -1.29. The number of hydrogen-bond acceptors (Lipinski definition) is 5. The first-order valence-corrected chi connectivity index (χ1v) is 9.66. The second-order valence-corrected chi connectivity index (χ2v) is 7.13. The summed E-state index contributed by atoms with van der Waals surface area (Å²) in [4.78, 5) is 11.0. The number of hydrogen-bond donors (Lipinski definition) is 4. The zero-order valence-corrected chi connectivity index (χ0v) is 15.9. The zero-order chi connectivity index (χ0) is 19.9. The van der Waals surface area contributed by atoms with Crippen molar-refractivity contribution < 1.29 is 14.6 Å². The Labute approximate surface area is 165 Å². The van der Waals surface area contributed by atoms with Crippen molar-refractivity contribution in [2.24, 2.45) is 11.6 Å². The Balaban J connectivity index is 1.76. The van der Waals surface area contributed by atoms with Crippen LogP contribution < -0.4 is 21.7 Å². The Kier molecular flexibility index (Phi) is 6.55. The lowest BCUT2D eigenvalue weighted by Gasteiger charge is -2.16. The van der Waals surface area contributed by atoms with E-state index in [1.807, 2.05) is 17.6 Å². The Bertz CT molecular complexity index is 838. The molecule has 0 aliphatic heterocycles. The van der Waals surface area contributed by atoms with E-state index in [0.29, 0.717) is 11.7 Å². The number of rotatable bonds is 6. The van der Waals surface area contributed by atoms with Crippen LogP contribution >= 0.6 is 0 Å². The van der Waals surface area contributed by atoms with E-state index in [1.165, 1.54) is 44.1 Å². The maximum absolute atomic E-state index is 11.0. The van der Waals surface area contributed by atoms with Crippen molar-refractivity contribution in [2.75, 3.05) is 0 Å². The number of nitrogens with one attached hydrogen (secondary N) is 1. The van der Waals surface area contributed by atoms with Gasteiger partial charge in [0.15, 0.2) is 5.70 Å². The van der Waals surface area contributed by atoms with Crippen molar-refractivity contribution in [2.45, 2.75) is 44.4 Å². The van der Waals surface area contributed by atoms with Gasteiger partial charge in [0.1, 0.15) is 5.75 Å². The molecule has 0 heterocycles. The Morgan fingerprint density at radius 1 is 1.00 bits per heavy atom. The zero-order valence-electron chi connectivity index (χ0n) is 15.9. The van der Waals surface area contributed by atoms with Crippen molar-refractivity contribution in [3.05, 3.63) is 65.7 Å². The molecule has 1 fully saturated rings. The highest BCUT2D eigenvalue weighted by Gasteiger charge is 2.15. The van der Waals surface area contributed by atoms with Gasteiger partial charge in [0.05, 0.1) is 0 Å². The van der Waals surface area contributed by atoms with Gasteiger partial charge in [-0.1, -0.05) is 62.1 Å². The molecule has 0 aromatic heterocycles. The van der Waals surface area contributed by atoms with Crippen molar-refractivity contribution in [3.63, 3.8) is 0 Å². The monoisotopic (exact) mass is 381 g/mol. The minimum absolute atomic E-state index is 0.293. The van der Waals surface area contributed by atoms with Gasteiger partial charge in [-0.25, -0.2) is 4.79 Å². The van der Waals surface area contributed by atoms with E-state index in [2.05, 4.69) is 24.3 Å². The van der Waals surface area contributed by atoms with Gasteiger partial charge in [-0.3, -0.25) is 5.84 Å². The van der Waals surface area contributed by atoms with Crippen LogP contribution in [0.3, 0.4) is 0 Å². The van der Waals surface area contributed by atoms with Crippen LogP contribution in [-0.2, 0) is 4.79 Å². The van der Waals surface area contributed by atoms with E-state index >= 15 is 0 Å². The molecule has 6 nitrogen and oxygen atoms in total. The quantitative estimate of drug-likeness (QED) is 0.199. The lowest BCUT2D eigenvalue weighted by Crippen LogP contribution is -2.31. The summed E-state index contributed by atoms with van der Waals surface area (Å²) in [6.07, 6.45) is 7.85. The third-order valence-corrected chi connectivity index (χ3v) is 5.23. The lowest BCUT2D eigenvalue weighted by atomic mass is 9.90. The van der Waals surface area contributed by atoms with Crippen LogP contribution in [0.1, 0.15) is 50.0 Å². The molecule has 2 aromatic carbocycles. The Morgan fingerprint density at radius 2 is 1.68 bits per heavy atom. The molecule has 3 rings (SSSR count). The van der Waals surface area contributed by atoms with Crippen molar-refractivity contribution >= 4 is 5.97 Å². The number of ether oxygens (including phenoxy) is 1. The second kappa shape index (κ2) is 9.28. The molecule has 0 unspecified atom stereocenters. The molecular weight excluding hydrogens is 354 g/mol. The maximum atomic E-state index is 11.0. The normalized spacial score (nSPS) is 16.0. The molecule has 1 aliphatic rings. The number of benzene rings is 2. The molecule has 0 radical (unpaired) electrons. The van der Waals surface area contributed by atoms with Gasteiger partial charge in [0.2, 0.25) is 5.88 Å². The summed E-state index contributed by atoms with van der Waals surface area (Å²) < 4.78 is 5.39. The average Bonchev–Trinajstić information content (AvgIpc) is 2.98. The van der Waals surface area contributed by atoms with Crippen LogP contribution in [0.2, 0.25) is 0 Å². The fraction of sp³-hybridized carbons (Fsp3) is 0.318. The highest BCUT2D eigenvalue weighted by molar-refractivity contribution is 5.86. The second-order valence-electron chi connectivity index (χ2n) is 7.13. The number of carboxylic acids is 1. The van der Waals surface area contributed by atoms with Gasteiger partial charge < -0.3 is 21.0 Å². The molecule has 28 heavy (non-hydrogen) atoms. The number of carbonyl (C=O) groups is 1. The number of nitrogens with two attached hydrogens (primary N) is 2. The van der Waals surface area contributed by atoms with Crippen LogP contribution in [0, 0.1) is 0 Å². The first kappa shape index (κ1) is 19.8. The summed E-state index contributed by atoms with van der Waals surface area (Å²) in [5.74, 6) is 4.67. The molecule has 0 spiro atoms. The third-order valence-electron chi connectivity index (χ3n) is 5.23. The number of hydrazine groups is 1. The van der Waals surface area contributed by atoms with Crippen molar-refractivity contribution in [3.8, 4) is 16.9 Å². The van der Waals surface area contributed by atoms with Crippen molar-refractivity contribution in [1.82, 2.24) is 5.43 Å². The van der Waals surface area contributed by atoms with E-state index in [9.17, 15) is 4.79 Å². The molecule has 1 aliphatic carbocycles. The lowest BCUT2D eigenvalue weighted by molar-refractivity contribution is -0.133. The largest absolute Gasteiger partial charge is 0.476 e. The summed E-state index contributed by atoms with van der Waals surface area (Å²) in [7, 11) is 0. The third kappa shape index (κ3) is 4.84.